The largest absolute Gasteiger partial charge is 0.265 e. The number of nitrogens with zero attached hydrogens (tertiary/aromatic N) is 2. The van der Waals surface area contributed by atoms with Crippen LogP contribution in [0.25, 0.3) is 0 Å². The summed E-state index contributed by atoms with van der Waals surface area (Å²) in [6.45, 7) is 4.74. The minimum Gasteiger partial charge on any atom is -0.265 e. The van der Waals surface area contributed by atoms with Crippen LogP contribution in [0.1, 0.15) is 45.4 Å². The van der Waals surface area contributed by atoms with E-state index in [1.54, 1.807) is 0 Å². The number of hydrogen-bond acceptors (Lipinski definition) is 2. The van der Waals surface area contributed by atoms with E-state index in [4.69, 9.17) is 0 Å². The molecule has 3 heteroatoms. The maximum Gasteiger partial charge on any atom is 0.119 e. The van der Waals surface area contributed by atoms with Crippen LogP contribution in [0.3, 0.4) is 0 Å². The van der Waals surface area contributed by atoms with E-state index in [2.05, 4.69) is 60.1 Å². The van der Waals surface area contributed by atoms with Crippen molar-refractivity contribution in [3.05, 3.63) is 49.1 Å². The molecule has 0 amide bonds. The van der Waals surface area contributed by atoms with Crippen molar-refractivity contribution in [1.29, 1.82) is 0 Å². The Morgan fingerprint density at radius 2 is 1.36 bits per heavy atom. The van der Waals surface area contributed by atoms with Gasteiger partial charge < -0.3 is 0 Å². The molecule has 0 aliphatic carbocycles. The molecule has 118 valence electrons. The summed E-state index contributed by atoms with van der Waals surface area (Å²) in [7, 11) is -1.70. The van der Waals surface area contributed by atoms with Gasteiger partial charge in [0.1, 0.15) is 8.07 Å². The number of pyridine rings is 2. The second kappa shape index (κ2) is 8.84. The van der Waals surface area contributed by atoms with Crippen LogP contribution in [0.5, 0.6) is 0 Å². The zero-order valence-electron chi connectivity index (χ0n) is 14.0. The topological polar surface area (TPSA) is 25.8 Å². The zero-order chi connectivity index (χ0) is 15.7. The first kappa shape index (κ1) is 16.9. The van der Waals surface area contributed by atoms with Crippen molar-refractivity contribution in [3.8, 4) is 0 Å². The van der Waals surface area contributed by atoms with Crippen LogP contribution >= 0.6 is 0 Å². The fourth-order valence-electron chi connectivity index (χ4n) is 3.09. The molecule has 0 saturated carbocycles. The van der Waals surface area contributed by atoms with Crippen LogP contribution in [0.15, 0.2) is 49.1 Å². The van der Waals surface area contributed by atoms with Crippen LogP contribution in [0.4, 0.5) is 0 Å². The summed E-state index contributed by atoms with van der Waals surface area (Å²) in [5, 5.41) is 2.85. The Kier molecular flexibility index (Phi) is 6.78. The monoisotopic (exact) mass is 312 g/mol. The normalized spacial score (nSPS) is 11.5. The number of hydrogen-bond donors (Lipinski definition) is 0. The molecule has 0 spiro atoms. The van der Waals surface area contributed by atoms with Gasteiger partial charge in [-0.3, -0.25) is 9.97 Å². The van der Waals surface area contributed by atoms with Crippen molar-refractivity contribution in [1.82, 2.24) is 9.97 Å². The van der Waals surface area contributed by atoms with Gasteiger partial charge in [-0.15, -0.1) is 0 Å². The SMILES string of the molecule is CCCCCCCC[Si](C)(c1cccnc1)c1cccnc1. The predicted octanol–water partition coefficient (Wildman–Crippen LogP) is 4.03. The van der Waals surface area contributed by atoms with Gasteiger partial charge in [-0.05, 0) is 28.6 Å². The molecule has 0 bridgehead atoms. The Morgan fingerprint density at radius 3 is 1.86 bits per heavy atom. The van der Waals surface area contributed by atoms with Crippen molar-refractivity contribution in [2.24, 2.45) is 0 Å². The Hall–Kier alpha value is -1.48. The van der Waals surface area contributed by atoms with Crippen LogP contribution in [-0.2, 0) is 0 Å². The third kappa shape index (κ3) is 4.50. The smallest absolute Gasteiger partial charge is 0.119 e. The van der Waals surface area contributed by atoms with Crippen LogP contribution in [0.2, 0.25) is 12.6 Å². The van der Waals surface area contributed by atoms with Gasteiger partial charge in [0.15, 0.2) is 0 Å². The average Bonchev–Trinajstić information content (AvgIpc) is 2.59. The number of aromatic nitrogens is 2. The predicted molar refractivity (Wildman–Crippen MR) is 97.5 cm³/mol. The Balaban J connectivity index is 2.07. The van der Waals surface area contributed by atoms with E-state index >= 15 is 0 Å². The summed E-state index contributed by atoms with van der Waals surface area (Å²) in [6, 6.07) is 9.93. The summed E-state index contributed by atoms with van der Waals surface area (Å²) >= 11 is 0. The maximum atomic E-state index is 4.36. The maximum absolute atomic E-state index is 4.36. The van der Waals surface area contributed by atoms with Crippen LogP contribution < -0.4 is 10.4 Å². The third-order valence-corrected chi connectivity index (χ3v) is 9.12. The van der Waals surface area contributed by atoms with E-state index in [1.165, 1.54) is 54.9 Å². The van der Waals surface area contributed by atoms with E-state index < -0.39 is 8.07 Å². The Morgan fingerprint density at radius 1 is 0.818 bits per heavy atom. The molecule has 0 aliphatic rings. The fraction of sp³-hybridized carbons (Fsp3) is 0.474. The van der Waals surface area contributed by atoms with E-state index in [-0.39, 0.29) is 0 Å². The first-order valence-electron chi connectivity index (χ1n) is 8.58. The summed E-state index contributed by atoms with van der Waals surface area (Å²) < 4.78 is 0. The molecular weight excluding hydrogens is 284 g/mol. The van der Waals surface area contributed by atoms with Crippen molar-refractivity contribution in [2.45, 2.75) is 58.0 Å². The molecule has 0 saturated heterocycles. The van der Waals surface area contributed by atoms with Crippen LogP contribution in [-0.4, -0.2) is 18.0 Å². The summed E-state index contributed by atoms with van der Waals surface area (Å²) in [4.78, 5) is 8.72. The molecule has 0 fully saturated rings. The van der Waals surface area contributed by atoms with Gasteiger partial charge in [0, 0.05) is 24.8 Å². The fourth-order valence-corrected chi connectivity index (χ4v) is 6.61. The highest BCUT2D eigenvalue weighted by Gasteiger charge is 2.31. The molecule has 0 unspecified atom stereocenters. The molecule has 0 aromatic carbocycles. The van der Waals surface area contributed by atoms with E-state index in [9.17, 15) is 0 Å². The number of rotatable bonds is 9. The first-order valence-corrected chi connectivity index (χ1v) is 11.3. The molecular formula is C19H28N2Si. The average molecular weight is 313 g/mol. The molecule has 2 rings (SSSR count). The van der Waals surface area contributed by atoms with Gasteiger partial charge in [-0.25, -0.2) is 0 Å². The Labute approximate surface area is 136 Å². The lowest BCUT2D eigenvalue weighted by Crippen LogP contribution is -2.55. The molecule has 0 radical (unpaired) electrons. The molecule has 2 aromatic heterocycles. The minimum atomic E-state index is -1.70. The van der Waals surface area contributed by atoms with Crippen molar-refractivity contribution < 1.29 is 0 Å². The molecule has 2 aromatic rings. The molecule has 0 atom stereocenters. The highest BCUT2D eigenvalue weighted by molar-refractivity contribution is 7.01. The van der Waals surface area contributed by atoms with Crippen molar-refractivity contribution in [3.63, 3.8) is 0 Å². The van der Waals surface area contributed by atoms with Crippen molar-refractivity contribution in [2.75, 3.05) is 0 Å². The Bertz CT molecular complexity index is 488. The van der Waals surface area contributed by atoms with Gasteiger partial charge in [0.05, 0.1) is 0 Å². The second-order valence-corrected chi connectivity index (χ2v) is 10.7. The lowest BCUT2D eigenvalue weighted by Gasteiger charge is -2.28. The lowest BCUT2D eigenvalue weighted by molar-refractivity contribution is 0.623. The van der Waals surface area contributed by atoms with Crippen LogP contribution in [0, 0.1) is 0 Å². The lowest BCUT2D eigenvalue weighted by atomic mass is 10.1. The third-order valence-electron chi connectivity index (χ3n) is 4.63. The highest BCUT2D eigenvalue weighted by Crippen LogP contribution is 2.16. The van der Waals surface area contributed by atoms with Gasteiger partial charge in [0.25, 0.3) is 0 Å². The second-order valence-electron chi connectivity index (χ2n) is 6.33. The van der Waals surface area contributed by atoms with E-state index in [0.717, 1.165) is 0 Å². The summed E-state index contributed by atoms with van der Waals surface area (Å²) in [6.07, 6.45) is 16.0. The minimum absolute atomic E-state index is 1.29. The highest BCUT2D eigenvalue weighted by atomic mass is 28.3. The molecule has 2 heterocycles. The quantitative estimate of drug-likeness (QED) is 0.516. The van der Waals surface area contributed by atoms with Gasteiger partial charge in [-0.2, -0.15) is 0 Å². The van der Waals surface area contributed by atoms with Gasteiger partial charge >= 0.3 is 0 Å². The van der Waals surface area contributed by atoms with Gasteiger partial charge in [0.2, 0.25) is 0 Å². The van der Waals surface area contributed by atoms with E-state index in [0.29, 0.717) is 0 Å². The number of unbranched alkanes of at least 4 members (excludes halogenated alkanes) is 5. The molecule has 0 N–H and O–H groups in total. The van der Waals surface area contributed by atoms with E-state index in [1.807, 2.05) is 12.4 Å². The molecule has 0 aliphatic heterocycles. The standard InChI is InChI=1S/C19H28N2Si/c1-3-4-5-6-7-8-15-22(2,18-11-9-13-20-16-18)19-12-10-14-21-17-19/h9-14,16-17H,3-8,15H2,1-2H3. The zero-order valence-corrected chi connectivity index (χ0v) is 15.0. The van der Waals surface area contributed by atoms with Gasteiger partial charge in [-0.1, -0.05) is 64.1 Å². The molecule has 2 nitrogen and oxygen atoms in total. The summed E-state index contributed by atoms with van der Waals surface area (Å²) in [5.74, 6) is 0. The molecule has 22 heavy (non-hydrogen) atoms. The van der Waals surface area contributed by atoms with Crippen molar-refractivity contribution >= 4 is 18.4 Å². The first-order chi connectivity index (χ1) is 10.8. The summed E-state index contributed by atoms with van der Waals surface area (Å²) in [5.41, 5.74) is 0.